The fraction of sp³-hybridized carbons (Fsp3) is 0.355. The van der Waals surface area contributed by atoms with Crippen LogP contribution in [-0.4, -0.2) is 60.0 Å². The molecule has 0 aromatic heterocycles. The van der Waals surface area contributed by atoms with Gasteiger partial charge in [0.1, 0.15) is 18.2 Å². The Bertz CT molecular complexity index is 1750. The summed E-state index contributed by atoms with van der Waals surface area (Å²) < 4.78 is 121. The summed E-state index contributed by atoms with van der Waals surface area (Å²) in [6.45, 7) is -0.209. The number of hydrogen-bond donors (Lipinski definition) is 1. The van der Waals surface area contributed by atoms with E-state index in [4.69, 9.17) is 10.5 Å². The number of halogens is 7. The monoisotopic (exact) mass is 763 g/mol. The molecule has 3 atom stereocenters. The van der Waals surface area contributed by atoms with Gasteiger partial charge in [-0.1, -0.05) is 46.3 Å². The molecule has 258 valence electrons. The minimum absolute atomic E-state index is 0.182. The van der Waals surface area contributed by atoms with Crippen LogP contribution in [0.25, 0.3) is 0 Å². The van der Waals surface area contributed by atoms with E-state index in [1.807, 2.05) is 0 Å². The summed E-state index contributed by atoms with van der Waals surface area (Å²) >= 11 is 3.09. The standard InChI is InChI=1S/C31H28BrF6N3O6S/c32-20-8-6-19(7-9-20)30(34,35)27(28(42)40-23-12-13-24(40)15-22(39)14-23)41(47-29(43)31(36,37)38)48(44,45)26-3-1-2-25(16-26)46-17-18-4-10-21(33)11-5-18/h1-11,16,22-24,27H,12-15,17,39H2/t22?,23?,24?,27-/m0/s1. The van der Waals surface area contributed by atoms with Crippen LogP contribution in [0.15, 0.2) is 82.2 Å². The van der Waals surface area contributed by atoms with Gasteiger partial charge in [-0.05, 0) is 72.1 Å². The summed E-state index contributed by atoms with van der Waals surface area (Å²) in [6, 6.07) is 8.00. The van der Waals surface area contributed by atoms with Crippen molar-refractivity contribution in [3.63, 3.8) is 0 Å². The number of benzene rings is 3. The zero-order valence-electron chi connectivity index (χ0n) is 24.7. The van der Waals surface area contributed by atoms with E-state index in [0.29, 0.717) is 22.9 Å². The molecule has 2 aliphatic rings. The Kier molecular flexibility index (Phi) is 10.2. The minimum Gasteiger partial charge on any atom is -0.489 e. The van der Waals surface area contributed by atoms with Crippen LogP contribution in [0.4, 0.5) is 26.3 Å². The Morgan fingerprint density at radius 3 is 2.15 bits per heavy atom. The van der Waals surface area contributed by atoms with E-state index in [1.54, 1.807) is 0 Å². The highest BCUT2D eigenvalue weighted by atomic mass is 79.9. The van der Waals surface area contributed by atoms with Crippen molar-refractivity contribution in [1.29, 1.82) is 0 Å². The van der Waals surface area contributed by atoms with Gasteiger partial charge in [-0.3, -0.25) is 4.79 Å². The summed E-state index contributed by atoms with van der Waals surface area (Å²) in [5.74, 6) is -9.97. The maximum absolute atomic E-state index is 16.7. The Labute approximate surface area is 279 Å². The quantitative estimate of drug-likeness (QED) is 0.204. The molecule has 0 aliphatic carbocycles. The van der Waals surface area contributed by atoms with E-state index in [9.17, 15) is 35.6 Å². The highest BCUT2D eigenvalue weighted by Crippen LogP contribution is 2.43. The number of amides is 1. The number of alkyl halides is 5. The zero-order chi connectivity index (χ0) is 35.0. The van der Waals surface area contributed by atoms with E-state index in [-0.39, 0.29) is 25.2 Å². The third kappa shape index (κ3) is 7.48. The van der Waals surface area contributed by atoms with Crippen LogP contribution >= 0.6 is 15.9 Å². The number of nitrogens with zero attached hydrogens (tertiary/aromatic N) is 2. The number of nitrogens with two attached hydrogens (primary N) is 1. The van der Waals surface area contributed by atoms with Gasteiger partial charge in [0.25, 0.3) is 15.9 Å². The lowest BCUT2D eigenvalue weighted by Crippen LogP contribution is -2.62. The normalized spacial score (nSPS) is 20.4. The van der Waals surface area contributed by atoms with E-state index < -0.39 is 78.9 Å². The lowest BCUT2D eigenvalue weighted by Gasteiger charge is -2.42. The molecule has 2 unspecified atom stereocenters. The zero-order valence-corrected chi connectivity index (χ0v) is 27.2. The van der Waals surface area contributed by atoms with Gasteiger partial charge in [-0.25, -0.2) is 17.6 Å². The average Bonchev–Trinajstić information content (AvgIpc) is 3.30. The molecule has 2 aliphatic heterocycles. The smallest absolute Gasteiger partial charge is 0.489 e. The molecular weight excluding hydrogens is 736 g/mol. The van der Waals surface area contributed by atoms with E-state index in [1.165, 1.54) is 18.2 Å². The van der Waals surface area contributed by atoms with E-state index >= 15 is 8.78 Å². The Morgan fingerprint density at radius 1 is 0.958 bits per heavy atom. The van der Waals surface area contributed by atoms with Crippen molar-refractivity contribution in [2.45, 2.75) is 73.5 Å². The first-order valence-corrected chi connectivity index (χ1v) is 16.7. The maximum atomic E-state index is 16.7. The third-order valence-electron chi connectivity index (χ3n) is 8.10. The SMILES string of the molecule is NC1CC2CCC(C1)N2C(=O)[C@H](N(OC(=O)C(F)(F)F)S(=O)(=O)c1cccc(OCc2ccc(F)cc2)c1)C(F)(F)c1ccc(Br)cc1. The predicted octanol–water partition coefficient (Wildman–Crippen LogP) is 5.82. The summed E-state index contributed by atoms with van der Waals surface area (Å²) in [5.41, 5.74) is 5.59. The molecule has 1 amide bonds. The van der Waals surface area contributed by atoms with E-state index in [2.05, 4.69) is 20.8 Å². The highest BCUT2D eigenvalue weighted by molar-refractivity contribution is 9.10. The fourth-order valence-electron chi connectivity index (χ4n) is 5.88. The van der Waals surface area contributed by atoms with Crippen LogP contribution in [0.2, 0.25) is 0 Å². The number of piperidine rings is 1. The van der Waals surface area contributed by atoms with Gasteiger partial charge in [0.05, 0.1) is 4.90 Å². The molecule has 2 saturated heterocycles. The molecular formula is C31H28BrF6N3O6S. The van der Waals surface area contributed by atoms with Gasteiger partial charge >= 0.3 is 18.1 Å². The molecule has 2 fully saturated rings. The Balaban J connectivity index is 1.61. The lowest BCUT2D eigenvalue weighted by molar-refractivity contribution is -0.240. The Hall–Kier alpha value is -3.67. The second kappa shape index (κ2) is 13.7. The molecule has 2 heterocycles. The van der Waals surface area contributed by atoms with E-state index in [0.717, 1.165) is 59.5 Å². The molecule has 0 radical (unpaired) electrons. The van der Waals surface area contributed by atoms with Gasteiger partial charge < -0.3 is 20.2 Å². The van der Waals surface area contributed by atoms with Crippen molar-refractivity contribution in [3.8, 4) is 5.75 Å². The molecule has 0 saturated carbocycles. The first-order valence-electron chi connectivity index (χ1n) is 14.5. The first-order chi connectivity index (χ1) is 22.5. The molecule has 2 N–H and O–H groups in total. The number of ether oxygens (including phenoxy) is 1. The average molecular weight is 765 g/mol. The van der Waals surface area contributed by atoms with Crippen molar-refractivity contribution >= 4 is 37.8 Å². The number of fused-ring (bicyclic) bond motifs is 2. The van der Waals surface area contributed by atoms with Crippen molar-refractivity contribution in [1.82, 2.24) is 9.37 Å². The summed E-state index contributed by atoms with van der Waals surface area (Å²) in [7, 11) is -5.68. The van der Waals surface area contributed by atoms with Crippen molar-refractivity contribution in [3.05, 3.63) is 94.2 Å². The highest BCUT2D eigenvalue weighted by Gasteiger charge is 2.60. The molecule has 3 aromatic rings. The third-order valence-corrected chi connectivity index (χ3v) is 10.2. The predicted molar refractivity (Wildman–Crippen MR) is 161 cm³/mol. The molecule has 9 nitrogen and oxygen atoms in total. The molecule has 48 heavy (non-hydrogen) atoms. The first kappa shape index (κ1) is 35.6. The number of sulfonamides is 1. The molecule has 5 rings (SSSR count). The topological polar surface area (TPSA) is 119 Å². The molecule has 2 bridgehead atoms. The maximum Gasteiger partial charge on any atom is 0.492 e. The van der Waals surface area contributed by atoms with Crippen LogP contribution in [0.5, 0.6) is 5.75 Å². The number of carbonyl (C=O) groups excluding carboxylic acids is 2. The van der Waals surface area contributed by atoms with Crippen LogP contribution in [0, 0.1) is 5.82 Å². The number of rotatable bonds is 10. The van der Waals surface area contributed by atoms with Gasteiger partial charge in [0, 0.05) is 34.2 Å². The van der Waals surface area contributed by atoms with Crippen LogP contribution in [0.3, 0.4) is 0 Å². The molecule has 3 aromatic carbocycles. The Morgan fingerprint density at radius 2 is 1.56 bits per heavy atom. The summed E-state index contributed by atoms with van der Waals surface area (Å²) in [5, 5.41) is 0. The van der Waals surface area contributed by atoms with Crippen molar-refractivity contribution in [2.24, 2.45) is 5.73 Å². The largest absolute Gasteiger partial charge is 0.492 e. The van der Waals surface area contributed by atoms with Gasteiger partial charge in [0.2, 0.25) is 6.04 Å². The van der Waals surface area contributed by atoms with Gasteiger partial charge in [-0.15, -0.1) is 0 Å². The summed E-state index contributed by atoms with van der Waals surface area (Å²) in [4.78, 5) is 30.8. The number of hydroxylamine groups is 1. The second-order valence-corrected chi connectivity index (χ2v) is 14.1. The van der Waals surface area contributed by atoms with Gasteiger partial charge in [-0.2, -0.15) is 22.0 Å². The van der Waals surface area contributed by atoms with Crippen molar-refractivity contribution in [2.75, 3.05) is 0 Å². The number of hydrogen-bond acceptors (Lipinski definition) is 7. The van der Waals surface area contributed by atoms with Crippen molar-refractivity contribution < 1.29 is 53.9 Å². The fourth-order valence-corrected chi connectivity index (χ4v) is 7.53. The molecule has 17 heteroatoms. The van der Waals surface area contributed by atoms with Crippen LogP contribution < -0.4 is 10.5 Å². The molecule has 0 spiro atoms. The van der Waals surface area contributed by atoms with Crippen LogP contribution in [0.1, 0.15) is 36.8 Å². The lowest BCUT2D eigenvalue weighted by atomic mass is 9.94. The van der Waals surface area contributed by atoms with Gasteiger partial charge in [0.15, 0.2) is 0 Å². The summed E-state index contributed by atoms with van der Waals surface area (Å²) in [6.07, 6.45) is -4.81. The minimum atomic E-state index is -5.84. The van der Waals surface area contributed by atoms with Crippen LogP contribution in [-0.2, 0) is 37.0 Å². The second-order valence-electron chi connectivity index (χ2n) is 11.4. The number of carbonyl (C=O) groups is 2.